The van der Waals surface area contributed by atoms with Crippen LogP contribution in [-0.2, 0) is 0 Å². The fourth-order valence-corrected chi connectivity index (χ4v) is 5.15. The van der Waals surface area contributed by atoms with E-state index in [9.17, 15) is 9.59 Å². The highest BCUT2D eigenvalue weighted by atomic mass is 16.3. The van der Waals surface area contributed by atoms with Gasteiger partial charge in [-0.05, 0) is 74.6 Å². The molecule has 5 rings (SSSR count). The van der Waals surface area contributed by atoms with E-state index in [0.717, 1.165) is 54.0 Å². The predicted molar refractivity (Wildman–Crippen MR) is 131 cm³/mol. The van der Waals surface area contributed by atoms with Gasteiger partial charge in [-0.2, -0.15) is 0 Å². The second-order valence-corrected chi connectivity index (χ2v) is 9.22. The maximum Gasteiger partial charge on any atom is 0.198 e. The zero-order chi connectivity index (χ0) is 23.7. The first kappa shape index (κ1) is 22.3. The minimum Gasteiger partial charge on any atom is -0.458 e. The summed E-state index contributed by atoms with van der Waals surface area (Å²) >= 11 is 0. The van der Waals surface area contributed by atoms with E-state index in [1.807, 2.05) is 56.3 Å². The molecule has 1 aliphatic carbocycles. The second-order valence-electron chi connectivity index (χ2n) is 9.22. The topological polar surface area (TPSA) is 78.0 Å². The Morgan fingerprint density at radius 2 is 1.97 bits per heavy atom. The van der Waals surface area contributed by atoms with Crippen molar-refractivity contribution < 1.29 is 14.0 Å². The van der Waals surface area contributed by atoms with Crippen molar-refractivity contribution in [3.8, 4) is 11.5 Å². The Bertz CT molecular complexity index is 1340. The van der Waals surface area contributed by atoms with E-state index in [1.165, 1.54) is 0 Å². The van der Waals surface area contributed by atoms with E-state index in [1.54, 1.807) is 12.3 Å². The average Bonchev–Trinajstić information content (AvgIpc) is 3.47. The summed E-state index contributed by atoms with van der Waals surface area (Å²) in [5.74, 6) is 2.50. The molecule has 0 unspecified atom stereocenters. The number of imidazole rings is 1. The Morgan fingerprint density at radius 1 is 1.09 bits per heavy atom. The lowest BCUT2D eigenvalue weighted by atomic mass is 9.82. The summed E-state index contributed by atoms with van der Waals surface area (Å²) < 4.78 is 7.84. The number of fused-ring (bicyclic) bond motifs is 1. The summed E-state index contributed by atoms with van der Waals surface area (Å²) in [5.41, 5.74) is 3.32. The van der Waals surface area contributed by atoms with Gasteiger partial charge in [-0.25, -0.2) is 4.98 Å². The van der Waals surface area contributed by atoms with Crippen LogP contribution in [0, 0.1) is 12.8 Å². The molecule has 0 spiro atoms. The largest absolute Gasteiger partial charge is 0.458 e. The van der Waals surface area contributed by atoms with E-state index in [0.29, 0.717) is 24.2 Å². The van der Waals surface area contributed by atoms with Gasteiger partial charge in [0.05, 0.1) is 11.0 Å². The van der Waals surface area contributed by atoms with Crippen LogP contribution in [0.2, 0.25) is 0 Å². The number of nitrogens with zero attached hydrogens (tertiary/aromatic N) is 3. The highest BCUT2D eigenvalue weighted by molar-refractivity contribution is 5.99. The SMILES string of the molecule is CCC(=O)c1ccc2c(c1)nc(-c1ccccn1)n2[C@@H]1CCC[C@H](CC(=O)c2ccc(C)o2)C1. The molecule has 0 N–H and O–H groups in total. The number of hydrogen-bond acceptors (Lipinski definition) is 5. The summed E-state index contributed by atoms with van der Waals surface area (Å²) in [5, 5.41) is 0. The van der Waals surface area contributed by atoms with Gasteiger partial charge in [0.1, 0.15) is 11.5 Å². The van der Waals surface area contributed by atoms with Crippen molar-refractivity contribution in [3.63, 3.8) is 0 Å². The fraction of sp³-hybridized carbons (Fsp3) is 0.357. The monoisotopic (exact) mass is 455 g/mol. The van der Waals surface area contributed by atoms with E-state index < -0.39 is 0 Å². The van der Waals surface area contributed by atoms with Gasteiger partial charge in [0.25, 0.3) is 0 Å². The van der Waals surface area contributed by atoms with Crippen molar-refractivity contribution in [3.05, 3.63) is 71.8 Å². The van der Waals surface area contributed by atoms with Crippen molar-refractivity contribution >= 4 is 22.6 Å². The van der Waals surface area contributed by atoms with Crippen LogP contribution in [0.25, 0.3) is 22.6 Å². The smallest absolute Gasteiger partial charge is 0.198 e. The average molecular weight is 456 g/mol. The summed E-state index contributed by atoms with van der Waals surface area (Å²) in [4.78, 5) is 34.6. The van der Waals surface area contributed by atoms with Gasteiger partial charge in [-0.3, -0.25) is 14.6 Å². The number of pyridine rings is 1. The molecule has 1 aliphatic rings. The first-order chi connectivity index (χ1) is 16.5. The first-order valence-electron chi connectivity index (χ1n) is 12.1. The van der Waals surface area contributed by atoms with Crippen LogP contribution in [0.4, 0.5) is 0 Å². The van der Waals surface area contributed by atoms with Crippen LogP contribution < -0.4 is 0 Å². The van der Waals surface area contributed by atoms with Crippen LogP contribution in [-0.4, -0.2) is 26.1 Å². The molecule has 3 heterocycles. The number of aromatic nitrogens is 3. The van der Waals surface area contributed by atoms with Crippen LogP contribution in [0.3, 0.4) is 0 Å². The Morgan fingerprint density at radius 3 is 2.71 bits per heavy atom. The normalized spacial score (nSPS) is 18.3. The molecule has 34 heavy (non-hydrogen) atoms. The minimum atomic E-state index is 0.0712. The Kier molecular flexibility index (Phi) is 6.14. The molecule has 6 nitrogen and oxygen atoms in total. The Labute approximate surface area is 199 Å². The lowest BCUT2D eigenvalue weighted by molar-refractivity contribution is 0.0912. The molecule has 0 bridgehead atoms. The molecule has 4 aromatic rings. The van der Waals surface area contributed by atoms with Crippen molar-refractivity contribution in [2.24, 2.45) is 5.92 Å². The molecule has 2 atom stereocenters. The van der Waals surface area contributed by atoms with Gasteiger partial charge in [0.15, 0.2) is 23.2 Å². The third-order valence-electron chi connectivity index (χ3n) is 6.84. The van der Waals surface area contributed by atoms with Crippen LogP contribution >= 0.6 is 0 Å². The summed E-state index contributed by atoms with van der Waals surface area (Å²) in [6.07, 6.45) is 6.73. The zero-order valence-corrected chi connectivity index (χ0v) is 19.7. The zero-order valence-electron chi connectivity index (χ0n) is 19.7. The molecule has 174 valence electrons. The fourth-order valence-electron chi connectivity index (χ4n) is 5.15. The molecular weight excluding hydrogens is 426 g/mol. The number of benzene rings is 1. The highest BCUT2D eigenvalue weighted by Gasteiger charge is 2.29. The second kappa shape index (κ2) is 9.37. The molecule has 0 radical (unpaired) electrons. The van der Waals surface area contributed by atoms with Crippen LogP contribution in [0.5, 0.6) is 0 Å². The van der Waals surface area contributed by atoms with E-state index >= 15 is 0 Å². The maximum atomic E-state index is 12.8. The van der Waals surface area contributed by atoms with Gasteiger partial charge >= 0.3 is 0 Å². The lowest BCUT2D eigenvalue weighted by Crippen LogP contribution is -2.22. The van der Waals surface area contributed by atoms with Gasteiger partial charge in [-0.1, -0.05) is 19.4 Å². The van der Waals surface area contributed by atoms with Crippen LogP contribution in [0.1, 0.15) is 78.2 Å². The van der Waals surface area contributed by atoms with Crippen molar-refractivity contribution in [2.45, 2.75) is 58.4 Å². The third-order valence-corrected chi connectivity index (χ3v) is 6.84. The summed E-state index contributed by atoms with van der Waals surface area (Å²) in [7, 11) is 0. The number of carbonyl (C=O) groups is 2. The molecule has 0 saturated heterocycles. The molecule has 1 saturated carbocycles. The van der Waals surface area contributed by atoms with E-state index in [4.69, 9.17) is 9.40 Å². The minimum absolute atomic E-state index is 0.0712. The van der Waals surface area contributed by atoms with Gasteiger partial charge in [0.2, 0.25) is 0 Å². The first-order valence-corrected chi connectivity index (χ1v) is 12.1. The van der Waals surface area contributed by atoms with E-state index in [-0.39, 0.29) is 23.5 Å². The Hall–Kier alpha value is -3.54. The van der Waals surface area contributed by atoms with Gasteiger partial charge < -0.3 is 8.98 Å². The number of aryl methyl sites for hydroxylation is 1. The molecule has 6 heteroatoms. The Balaban J connectivity index is 1.49. The van der Waals surface area contributed by atoms with Crippen molar-refractivity contribution in [1.82, 2.24) is 14.5 Å². The number of ketones is 2. The summed E-state index contributed by atoms with van der Waals surface area (Å²) in [6.45, 7) is 3.73. The molecule has 0 aliphatic heterocycles. The number of furan rings is 1. The quantitative estimate of drug-likeness (QED) is 0.294. The lowest BCUT2D eigenvalue weighted by Gasteiger charge is -2.31. The van der Waals surface area contributed by atoms with Crippen molar-refractivity contribution in [1.29, 1.82) is 0 Å². The van der Waals surface area contributed by atoms with E-state index in [2.05, 4.69) is 9.55 Å². The highest BCUT2D eigenvalue weighted by Crippen LogP contribution is 2.39. The molecule has 3 aromatic heterocycles. The summed E-state index contributed by atoms with van der Waals surface area (Å²) in [6, 6.07) is 15.5. The number of carbonyl (C=O) groups excluding carboxylic acids is 2. The predicted octanol–water partition coefficient (Wildman–Crippen LogP) is 6.60. The number of rotatable bonds is 7. The number of hydrogen-bond donors (Lipinski definition) is 0. The third kappa shape index (κ3) is 4.32. The standard InChI is InChI=1S/C28H29N3O3/c1-3-25(32)20-11-12-24-23(17-20)30-28(22-9-4-5-14-29-22)31(24)21-8-6-7-19(15-21)16-26(33)27-13-10-18(2)34-27/h4-5,9-14,17,19,21H,3,6-8,15-16H2,1-2H3/t19-,21+/m0/s1. The van der Waals surface area contributed by atoms with Gasteiger partial charge in [-0.15, -0.1) is 0 Å². The van der Waals surface area contributed by atoms with Crippen molar-refractivity contribution in [2.75, 3.05) is 0 Å². The maximum absolute atomic E-state index is 12.8. The molecule has 0 amide bonds. The van der Waals surface area contributed by atoms with Crippen LogP contribution in [0.15, 0.2) is 59.1 Å². The number of Topliss-reactive ketones (excluding diaryl/α,β-unsaturated/α-hetero) is 2. The van der Waals surface area contributed by atoms with Gasteiger partial charge in [0, 0.05) is 30.6 Å². The molecule has 1 aromatic carbocycles. The molecule has 1 fully saturated rings. The molecular formula is C28H29N3O3.